The molecule has 0 aliphatic rings. The first-order valence-corrected chi connectivity index (χ1v) is 8.79. The fourth-order valence-electron chi connectivity index (χ4n) is 2.96. The molecule has 2 aromatic carbocycles. The summed E-state index contributed by atoms with van der Waals surface area (Å²) in [5, 5.41) is 9.44. The lowest BCUT2D eigenvalue weighted by molar-refractivity contribution is -0.139. The standard InChI is InChI=1S/C20H15ClF3NO4/c1-10-13(8-11-2-4-12(22)5-3-11)19(29-20(23)24)25-18-14(21)6-7-15(17(10)18)28-9-16(26)27/h2-7,20H,8-9H2,1H3,(H,26,27). The number of fused-ring (bicyclic) bond motifs is 1. The van der Waals surface area contributed by atoms with Crippen LogP contribution in [0, 0.1) is 12.7 Å². The van der Waals surface area contributed by atoms with Crippen molar-refractivity contribution < 1.29 is 32.5 Å². The highest BCUT2D eigenvalue weighted by Gasteiger charge is 2.21. The predicted molar refractivity (Wildman–Crippen MR) is 100 cm³/mol. The molecule has 1 aromatic heterocycles. The molecule has 9 heteroatoms. The number of alkyl halides is 2. The molecule has 5 nitrogen and oxygen atoms in total. The Labute approximate surface area is 168 Å². The molecule has 3 aromatic rings. The van der Waals surface area contributed by atoms with E-state index >= 15 is 0 Å². The summed E-state index contributed by atoms with van der Waals surface area (Å²) >= 11 is 6.18. The minimum Gasteiger partial charge on any atom is -0.481 e. The lowest BCUT2D eigenvalue weighted by atomic mass is 9.97. The van der Waals surface area contributed by atoms with E-state index in [1.54, 1.807) is 6.92 Å². The fourth-order valence-corrected chi connectivity index (χ4v) is 3.16. The van der Waals surface area contributed by atoms with Gasteiger partial charge in [0.25, 0.3) is 0 Å². The lowest BCUT2D eigenvalue weighted by Gasteiger charge is -2.18. The number of carboxylic acid groups (broad SMARTS) is 1. The van der Waals surface area contributed by atoms with Crippen molar-refractivity contribution in [2.24, 2.45) is 0 Å². The zero-order chi connectivity index (χ0) is 21.1. The van der Waals surface area contributed by atoms with Gasteiger partial charge in [0.1, 0.15) is 11.6 Å². The molecule has 29 heavy (non-hydrogen) atoms. The molecule has 0 radical (unpaired) electrons. The van der Waals surface area contributed by atoms with Crippen molar-refractivity contribution >= 4 is 28.5 Å². The number of aryl methyl sites for hydroxylation is 1. The van der Waals surface area contributed by atoms with E-state index in [1.165, 1.54) is 36.4 Å². The first-order valence-electron chi connectivity index (χ1n) is 8.41. The van der Waals surface area contributed by atoms with Crippen LogP contribution in [0.5, 0.6) is 11.6 Å². The second kappa shape index (κ2) is 8.57. The van der Waals surface area contributed by atoms with Crippen molar-refractivity contribution in [3.63, 3.8) is 0 Å². The Balaban J connectivity index is 2.20. The molecule has 0 fully saturated rings. The highest BCUT2D eigenvalue weighted by atomic mass is 35.5. The van der Waals surface area contributed by atoms with Crippen LogP contribution in [-0.2, 0) is 11.2 Å². The van der Waals surface area contributed by atoms with E-state index in [9.17, 15) is 18.0 Å². The van der Waals surface area contributed by atoms with Crippen LogP contribution in [0.1, 0.15) is 16.7 Å². The number of hydrogen-bond donors (Lipinski definition) is 1. The topological polar surface area (TPSA) is 68.7 Å². The zero-order valence-electron chi connectivity index (χ0n) is 15.1. The number of carboxylic acids is 1. The van der Waals surface area contributed by atoms with E-state index in [-0.39, 0.29) is 28.6 Å². The van der Waals surface area contributed by atoms with Gasteiger partial charge >= 0.3 is 12.6 Å². The summed E-state index contributed by atoms with van der Waals surface area (Å²) in [6, 6.07) is 8.46. The highest BCUT2D eigenvalue weighted by molar-refractivity contribution is 6.35. The van der Waals surface area contributed by atoms with Gasteiger partial charge in [-0.15, -0.1) is 0 Å². The smallest absolute Gasteiger partial charge is 0.388 e. The Hall–Kier alpha value is -3.00. The van der Waals surface area contributed by atoms with E-state index in [1.807, 2.05) is 0 Å². The van der Waals surface area contributed by atoms with Gasteiger partial charge in [-0.1, -0.05) is 23.7 Å². The van der Waals surface area contributed by atoms with Crippen LogP contribution < -0.4 is 9.47 Å². The van der Waals surface area contributed by atoms with Crippen LogP contribution in [-0.4, -0.2) is 29.3 Å². The quantitative estimate of drug-likeness (QED) is 0.577. The summed E-state index contributed by atoms with van der Waals surface area (Å²) in [7, 11) is 0. The lowest BCUT2D eigenvalue weighted by Crippen LogP contribution is -2.11. The first kappa shape index (κ1) is 20.7. The van der Waals surface area contributed by atoms with Crippen LogP contribution >= 0.6 is 11.6 Å². The van der Waals surface area contributed by atoms with Gasteiger partial charge in [0, 0.05) is 17.4 Å². The molecule has 0 bridgehead atoms. The molecule has 0 amide bonds. The number of rotatable bonds is 7. The summed E-state index contributed by atoms with van der Waals surface area (Å²) in [6.07, 6.45) is 0.127. The summed E-state index contributed by atoms with van der Waals surface area (Å²) in [5.41, 5.74) is 1.60. The average Bonchev–Trinajstić information content (AvgIpc) is 2.65. The van der Waals surface area contributed by atoms with E-state index in [0.29, 0.717) is 22.1 Å². The van der Waals surface area contributed by atoms with Gasteiger partial charge in [0.15, 0.2) is 6.61 Å². The molecule has 0 aliphatic heterocycles. The third kappa shape index (κ3) is 4.71. The Morgan fingerprint density at radius 1 is 1.21 bits per heavy atom. The van der Waals surface area contributed by atoms with Crippen LogP contribution in [0.15, 0.2) is 36.4 Å². The third-order valence-electron chi connectivity index (χ3n) is 4.24. The van der Waals surface area contributed by atoms with Gasteiger partial charge in [-0.2, -0.15) is 8.78 Å². The Kier molecular flexibility index (Phi) is 6.12. The summed E-state index contributed by atoms with van der Waals surface area (Å²) in [4.78, 5) is 15.0. The largest absolute Gasteiger partial charge is 0.481 e. The monoisotopic (exact) mass is 425 g/mol. The maximum Gasteiger partial charge on any atom is 0.388 e. The van der Waals surface area contributed by atoms with Crippen molar-refractivity contribution in [2.75, 3.05) is 6.61 Å². The molecule has 0 saturated carbocycles. The van der Waals surface area contributed by atoms with Gasteiger partial charge in [-0.05, 0) is 42.3 Å². The molecule has 0 spiro atoms. The van der Waals surface area contributed by atoms with Gasteiger partial charge in [-0.25, -0.2) is 14.2 Å². The van der Waals surface area contributed by atoms with E-state index in [4.69, 9.17) is 21.4 Å². The van der Waals surface area contributed by atoms with Gasteiger partial charge in [0.2, 0.25) is 5.88 Å². The molecule has 1 N–H and O–H groups in total. The van der Waals surface area contributed by atoms with Crippen LogP contribution in [0.4, 0.5) is 13.2 Å². The molecule has 152 valence electrons. The second-order valence-electron chi connectivity index (χ2n) is 6.15. The van der Waals surface area contributed by atoms with Gasteiger partial charge < -0.3 is 14.6 Å². The summed E-state index contributed by atoms with van der Waals surface area (Å²) < 4.78 is 49.1. The minimum absolute atomic E-state index is 0.127. The maximum absolute atomic E-state index is 13.2. The van der Waals surface area contributed by atoms with Crippen LogP contribution in [0.3, 0.4) is 0 Å². The average molecular weight is 426 g/mol. The Bertz CT molecular complexity index is 1060. The molecule has 0 saturated heterocycles. The van der Waals surface area contributed by atoms with Crippen molar-refractivity contribution in [2.45, 2.75) is 20.0 Å². The number of aromatic nitrogens is 1. The van der Waals surface area contributed by atoms with Crippen LogP contribution in [0.25, 0.3) is 10.9 Å². The molecule has 0 aliphatic carbocycles. The van der Waals surface area contributed by atoms with Crippen molar-refractivity contribution in [3.8, 4) is 11.6 Å². The van der Waals surface area contributed by atoms with E-state index in [0.717, 1.165) is 0 Å². The number of pyridine rings is 1. The number of ether oxygens (including phenoxy) is 2. The SMILES string of the molecule is Cc1c(Cc2ccc(F)cc2)c(OC(F)F)nc2c(Cl)ccc(OCC(=O)O)c12. The van der Waals surface area contributed by atoms with Crippen molar-refractivity contribution in [3.05, 3.63) is 63.9 Å². The number of benzene rings is 2. The molecular formula is C20H15ClF3NO4. The summed E-state index contributed by atoms with van der Waals surface area (Å²) in [5.74, 6) is -1.72. The molecule has 3 rings (SSSR count). The van der Waals surface area contributed by atoms with Gasteiger partial charge in [0.05, 0.1) is 10.5 Å². The van der Waals surface area contributed by atoms with Gasteiger partial charge in [-0.3, -0.25) is 0 Å². The minimum atomic E-state index is -3.11. The fraction of sp³-hybridized carbons (Fsp3) is 0.200. The Morgan fingerprint density at radius 3 is 2.52 bits per heavy atom. The van der Waals surface area contributed by atoms with E-state index < -0.39 is 25.0 Å². The maximum atomic E-state index is 13.2. The second-order valence-corrected chi connectivity index (χ2v) is 6.56. The summed E-state index contributed by atoms with van der Waals surface area (Å²) in [6.45, 7) is -2.07. The predicted octanol–water partition coefficient (Wildman–Crippen LogP) is 4.99. The molecule has 0 unspecified atom stereocenters. The number of nitrogens with zero attached hydrogens (tertiary/aromatic N) is 1. The molecular weight excluding hydrogens is 411 g/mol. The first-order chi connectivity index (χ1) is 13.8. The van der Waals surface area contributed by atoms with Crippen molar-refractivity contribution in [1.29, 1.82) is 0 Å². The number of carbonyl (C=O) groups is 1. The highest BCUT2D eigenvalue weighted by Crippen LogP contribution is 2.38. The van der Waals surface area contributed by atoms with Crippen LogP contribution in [0.2, 0.25) is 5.02 Å². The number of aliphatic carboxylic acids is 1. The van der Waals surface area contributed by atoms with Crippen molar-refractivity contribution in [1.82, 2.24) is 4.98 Å². The number of hydrogen-bond acceptors (Lipinski definition) is 4. The molecule has 1 heterocycles. The third-order valence-corrected chi connectivity index (χ3v) is 4.54. The molecule has 0 atom stereocenters. The number of halogens is 4. The normalized spacial score (nSPS) is 11.1. The Morgan fingerprint density at radius 2 is 1.90 bits per heavy atom. The zero-order valence-corrected chi connectivity index (χ0v) is 15.8. The van der Waals surface area contributed by atoms with E-state index in [2.05, 4.69) is 9.72 Å².